The molecule has 0 aliphatic heterocycles. The van der Waals surface area contributed by atoms with Gasteiger partial charge < -0.3 is 5.32 Å². The van der Waals surface area contributed by atoms with Gasteiger partial charge in [-0.05, 0) is 31.7 Å². The molecule has 2 rings (SSSR count). The molecule has 0 spiro atoms. The largest absolute Gasteiger partial charge is 0.313 e. The zero-order valence-electron chi connectivity index (χ0n) is 11.3. The van der Waals surface area contributed by atoms with Crippen LogP contribution in [0.25, 0.3) is 0 Å². The maximum Gasteiger partial charge on any atom is 0.0653 e. The number of aromatic nitrogens is 2. The van der Waals surface area contributed by atoms with Crippen molar-refractivity contribution in [3.8, 4) is 0 Å². The van der Waals surface area contributed by atoms with Crippen LogP contribution in [0.15, 0.2) is 12.4 Å². The third kappa shape index (κ3) is 2.21. The van der Waals surface area contributed by atoms with Crippen LogP contribution >= 0.6 is 0 Å². The van der Waals surface area contributed by atoms with Crippen molar-refractivity contribution in [2.45, 2.75) is 52.5 Å². The molecule has 2 unspecified atom stereocenters. The van der Waals surface area contributed by atoms with E-state index in [-0.39, 0.29) is 5.41 Å². The Morgan fingerprint density at radius 1 is 1.35 bits per heavy atom. The minimum atomic E-state index is 0.288. The number of nitrogens with one attached hydrogen (secondary N) is 1. The summed E-state index contributed by atoms with van der Waals surface area (Å²) in [6.45, 7) is 10.1. The topological polar surface area (TPSA) is 37.8 Å². The zero-order valence-corrected chi connectivity index (χ0v) is 11.3. The van der Waals surface area contributed by atoms with E-state index in [4.69, 9.17) is 0 Å². The number of hydrogen-bond donors (Lipinski definition) is 1. The molecule has 0 aromatic carbocycles. The van der Waals surface area contributed by atoms with Crippen molar-refractivity contribution >= 4 is 0 Å². The fourth-order valence-corrected chi connectivity index (χ4v) is 2.81. The molecule has 1 fully saturated rings. The molecule has 0 radical (unpaired) electrons. The Kier molecular flexibility index (Phi) is 3.48. The summed E-state index contributed by atoms with van der Waals surface area (Å²) in [5.41, 5.74) is 2.56. The molecule has 1 aromatic heterocycles. The van der Waals surface area contributed by atoms with Crippen LogP contribution in [0.3, 0.4) is 0 Å². The number of rotatable bonds is 4. The summed E-state index contributed by atoms with van der Waals surface area (Å²) < 4.78 is 0. The highest BCUT2D eigenvalue weighted by molar-refractivity contribution is 5.24. The van der Waals surface area contributed by atoms with Gasteiger partial charge in [0.15, 0.2) is 0 Å². The number of hydrogen-bond acceptors (Lipinski definition) is 3. The van der Waals surface area contributed by atoms with Crippen molar-refractivity contribution in [1.29, 1.82) is 0 Å². The van der Waals surface area contributed by atoms with E-state index in [0.29, 0.717) is 12.0 Å². The zero-order chi connectivity index (χ0) is 12.5. The minimum absolute atomic E-state index is 0.288. The molecule has 1 aliphatic rings. The van der Waals surface area contributed by atoms with Crippen molar-refractivity contribution in [3.63, 3.8) is 0 Å². The molecule has 1 heterocycles. The maximum atomic E-state index is 4.52. The van der Waals surface area contributed by atoms with E-state index in [2.05, 4.69) is 43.0 Å². The van der Waals surface area contributed by atoms with E-state index in [1.165, 1.54) is 18.5 Å². The normalized spacial score (nSPS) is 26.6. The van der Waals surface area contributed by atoms with Gasteiger partial charge in [-0.2, -0.15) is 0 Å². The number of nitrogens with zero attached hydrogens (tertiary/aromatic N) is 2. The van der Waals surface area contributed by atoms with Crippen molar-refractivity contribution < 1.29 is 0 Å². The van der Waals surface area contributed by atoms with E-state index in [1.54, 1.807) is 6.20 Å². The van der Waals surface area contributed by atoms with Gasteiger partial charge in [0.1, 0.15) is 0 Å². The van der Waals surface area contributed by atoms with Crippen LogP contribution in [0.2, 0.25) is 0 Å². The highest BCUT2D eigenvalue weighted by Crippen LogP contribution is 2.52. The molecular weight excluding hydrogens is 210 g/mol. The Labute approximate surface area is 104 Å². The second kappa shape index (κ2) is 4.73. The molecule has 1 aliphatic carbocycles. The van der Waals surface area contributed by atoms with Crippen LogP contribution < -0.4 is 5.32 Å². The third-order valence-electron chi connectivity index (χ3n) is 4.16. The summed E-state index contributed by atoms with van der Waals surface area (Å²) in [5, 5.41) is 3.63. The molecule has 3 nitrogen and oxygen atoms in total. The lowest BCUT2D eigenvalue weighted by molar-refractivity contribution is 0.0662. The van der Waals surface area contributed by atoms with Crippen LogP contribution in [0.1, 0.15) is 50.9 Å². The molecule has 1 saturated carbocycles. The lowest BCUT2D eigenvalue weighted by Gasteiger charge is -2.52. The monoisotopic (exact) mass is 233 g/mol. The molecule has 1 aromatic rings. The van der Waals surface area contributed by atoms with Crippen LogP contribution in [0, 0.1) is 12.3 Å². The lowest BCUT2D eigenvalue weighted by Crippen LogP contribution is -2.55. The van der Waals surface area contributed by atoms with Gasteiger partial charge in [0.25, 0.3) is 0 Å². The average molecular weight is 233 g/mol. The van der Waals surface area contributed by atoms with Crippen LogP contribution in [0.4, 0.5) is 0 Å². The van der Waals surface area contributed by atoms with Gasteiger partial charge in [-0.15, -0.1) is 0 Å². The van der Waals surface area contributed by atoms with Crippen molar-refractivity contribution in [2.24, 2.45) is 5.41 Å². The van der Waals surface area contributed by atoms with E-state index in [9.17, 15) is 0 Å². The molecule has 0 saturated heterocycles. The molecule has 0 amide bonds. The van der Waals surface area contributed by atoms with E-state index in [0.717, 1.165) is 12.2 Å². The standard InChI is InChI=1S/C14H23N3/c1-5-6-16-12-9-11(14(12,3)4)13-10(2)15-7-8-17-13/h7-8,11-12,16H,5-6,9H2,1-4H3. The highest BCUT2D eigenvalue weighted by Gasteiger charge is 2.49. The summed E-state index contributed by atoms with van der Waals surface area (Å²) in [5.74, 6) is 0.547. The van der Waals surface area contributed by atoms with Crippen LogP contribution in [-0.4, -0.2) is 22.6 Å². The Hall–Kier alpha value is -0.960. The first kappa shape index (κ1) is 12.5. The quantitative estimate of drug-likeness (QED) is 0.869. The second-order valence-corrected chi connectivity index (χ2v) is 5.64. The SMILES string of the molecule is CCCNC1CC(c2nccnc2C)C1(C)C. The third-order valence-corrected chi connectivity index (χ3v) is 4.16. The van der Waals surface area contributed by atoms with Crippen molar-refractivity contribution in [3.05, 3.63) is 23.8 Å². The van der Waals surface area contributed by atoms with Gasteiger partial charge in [0.05, 0.1) is 11.4 Å². The highest BCUT2D eigenvalue weighted by atomic mass is 15.0. The Bertz CT molecular complexity index is 387. The fourth-order valence-electron chi connectivity index (χ4n) is 2.81. The van der Waals surface area contributed by atoms with Gasteiger partial charge >= 0.3 is 0 Å². The van der Waals surface area contributed by atoms with Crippen molar-refractivity contribution in [1.82, 2.24) is 15.3 Å². The summed E-state index contributed by atoms with van der Waals surface area (Å²) in [7, 11) is 0. The summed E-state index contributed by atoms with van der Waals surface area (Å²) in [4.78, 5) is 8.87. The molecule has 17 heavy (non-hydrogen) atoms. The first-order valence-corrected chi connectivity index (χ1v) is 6.58. The second-order valence-electron chi connectivity index (χ2n) is 5.64. The Morgan fingerprint density at radius 3 is 2.65 bits per heavy atom. The molecule has 2 atom stereocenters. The molecule has 94 valence electrons. The summed E-state index contributed by atoms with van der Waals surface area (Å²) in [6.07, 6.45) is 5.97. The minimum Gasteiger partial charge on any atom is -0.313 e. The fraction of sp³-hybridized carbons (Fsp3) is 0.714. The van der Waals surface area contributed by atoms with Crippen molar-refractivity contribution in [2.75, 3.05) is 6.54 Å². The van der Waals surface area contributed by atoms with Gasteiger partial charge in [-0.1, -0.05) is 20.8 Å². The maximum absolute atomic E-state index is 4.52. The predicted octanol–water partition coefficient (Wildman–Crippen LogP) is 2.67. The molecule has 1 N–H and O–H groups in total. The van der Waals surface area contributed by atoms with E-state index < -0.39 is 0 Å². The first-order valence-electron chi connectivity index (χ1n) is 6.58. The van der Waals surface area contributed by atoms with Crippen LogP contribution in [-0.2, 0) is 0 Å². The summed E-state index contributed by atoms with van der Waals surface area (Å²) >= 11 is 0. The van der Waals surface area contributed by atoms with E-state index in [1.807, 2.05) is 6.20 Å². The average Bonchev–Trinajstić information content (AvgIpc) is 2.30. The Balaban J connectivity index is 2.09. The van der Waals surface area contributed by atoms with Gasteiger partial charge in [-0.3, -0.25) is 9.97 Å². The lowest BCUT2D eigenvalue weighted by atomic mass is 9.57. The Morgan fingerprint density at radius 2 is 2.06 bits per heavy atom. The van der Waals surface area contributed by atoms with Gasteiger partial charge in [0.2, 0.25) is 0 Å². The van der Waals surface area contributed by atoms with Crippen LogP contribution in [0.5, 0.6) is 0 Å². The molecule has 0 bridgehead atoms. The smallest absolute Gasteiger partial charge is 0.0653 e. The first-order chi connectivity index (χ1) is 8.07. The predicted molar refractivity (Wildman–Crippen MR) is 70.0 cm³/mol. The molecular formula is C14H23N3. The number of aryl methyl sites for hydroxylation is 1. The molecule has 3 heteroatoms. The summed E-state index contributed by atoms with van der Waals surface area (Å²) in [6, 6.07) is 0.619. The van der Waals surface area contributed by atoms with Gasteiger partial charge in [-0.25, -0.2) is 0 Å². The van der Waals surface area contributed by atoms with E-state index >= 15 is 0 Å². The van der Waals surface area contributed by atoms with Gasteiger partial charge in [0, 0.05) is 24.4 Å².